The van der Waals surface area contributed by atoms with E-state index in [0.29, 0.717) is 13.1 Å². The van der Waals surface area contributed by atoms with Gasteiger partial charge in [0.05, 0.1) is 0 Å². The highest BCUT2D eigenvalue weighted by molar-refractivity contribution is 6.00. The van der Waals surface area contributed by atoms with Crippen LogP contribution in [0.25, 0.3) is 0 Å². The molecule has 2 aromatic rings. The number of hydrogen-bond acceptors (Lipinski definition) is 3. The number of carbonyl (C=O) groups is 2. The first-order valence-electron chi connectivity index (χ1n) is 10.3. The number of piperidine rings is 1. The van der Waals surface area contributed by atoms with Gasteiger partial charge in [0.15, 0.2) is 0 Å². The third kappa shape index (κ3) is 5.12. The summed E-state index contributed by atoms with van der Waals surface area (Å²) in [5.74, 6) is 0.409. The highest BCUT2D eigenvalue weighted by atomic mass is 35.5. The number of halogens is 1. The molecule has 0 spiro atoms. The number of benzene rings is 2. The SMILES string of the molecule is Cc1ccc(NC(=O)Nc2cccc3c2CCN(C(=O)C2CCNCC2)C3)cc1.Cl. The van der Waals surface area contributed by atoms with Crippen LogP contribution in [0.5, 0.6) is 0 Å². The lowest BCUT2D eigenvalue weighted by Crippen LogP contribution is -2.43. The van der Waals surface area contributed by atoms with Crippen LogP contribution in [0.3, 0.4) is 0 Å². The minimum absolute atomic E-state index is 0. The Kier molecular flexibility index (Phi) is 7.34. The van der Waals surface area contributed by atoms with Crippen LogP contribution in [0.2, 0.25) is 0 Å². The number of nitrogens with one attached hydrogen (secondary N) is 3. The Morgan fingerprint density at radius 3 is 2.50 bits per heavy atom. The van der Waals surface area contributed by atoms with E-state index in [2.05, 4.69) is 22.0 Å². The first-order chi connectivity index (χ1) is 14.1. The molecule has 0 atom stereocenters. The number of rotatable bonds is 3. The average molecular weight is 429 g/mol. The molecule has 1 saturated heterocycles. The molecule has 2 aromatic carbocycles. The number of nitrogens with zero attached hydrogens (tertiary/aromatic N) is 1. The van der Waals surface area contributed by atoms with Gasteiger partial charge in [0.1, 0.15) is 0 Å². The first kappa shape index (κ1) is 22.1. The molecule has 2 heterocycles. The number of urea groups is 1. The first-order valence-corrected chi connectivity index (χ1v) is 10.3. The van der Waals surface area contributed by atoms with E-state index in [-0.39, 0.29) is 30.3 Å². The minimum Gasteiger partial charge on any atom is -0.338 e. The van der Waals surface area contributed by atoms with Crippen LogP contribution in [0.15, 0.2) is 42.5 Å². The van der Waals surface area contributed by atoms with Crippen molar-refractivity contribution in [2.45, 2.75) is 32.7 Å². The summed E-state index contributed by atoms with van der Waals surface area (Å²) in [5.41, 5.74) is 4.97. The molecule has 0 aliphatic carbocycles. The van der Waals surface area contributed by atoms with E-state index >= 15 is 0 Å². The van der Waals surface area contributed by atoms with Gasteiger partial charge in [0.2, 0.25) is 5.91 Å². The molecule has 1 fully saturated rings. The zero-order chi connectivity index (χ0) is 20.2. The predicted octanol–water partition coefficient (Wildman–Crippen LogP) is 3.95. The Labute approximate surface area is 183 Å². The average Bonchev–Trinajstić information content (AvgIpc) is 2.75. The summed E-state index contributed by atoms with van der Waals surface area (Å²) in [6.07, 6.45) is 2.60. The standard InChI is InChI=1S/C23H28N4O2.ClH/c1-16-5-7-19(8-6-16)25-23(29)26-21-4-2-3-18-15-27(14-11-20(18)21)22(28)17-9-12-24-13-10-17;/h2-8,17,24H,9-15H2,1H3,(H2,25,26,29);1H. The Morgan fingerprint density at radius 1 is 1.03 bits per heavy atom. The molecule has 2 aliphatic heterocycles. The van der Waals surface area contributed by atoms with E-state index in [9.17, 15) is 9.59 Å². The highest BCUT2D eigenvalue weighted by Gasteiger charge is 2.29. The Morgan fingerprint density at radius 2 is 1.77 bits per heavy atom. The van der Waals surface area contributed by atoms with Crippen molar-refractivity contribution in [3.8, 4) is 0 Å². The summed E-state index contributed by atoms with van der Waals surface area (Å²) < 4.78 is 0. The molecule has 0 bridgehead atoms. The second-order valence-electron chi connectivity index (χ2n) is 7.92. The molecule has 4 rings (SSSR count). The summed E-state index contributed by atoms with van der Waals surface area (Å²) in [6, 6.07) is 13.4. The van der Waals surface area contributed by atoms with Crippen LogP contribution in [0.4, 0.5) is 16.2 Å². The van der Waals surface area contributed by atoms with E-state index in [4.69, 9.17) is 0 Å². The molecule has 3 N–H and O–H groups in total. The van der Waals surface area contributed by atoms with Crippen molar-refractivity contribution in [2.75, 3.05) is 30.3 Å². The van der Waals surface area contributed by atoms with E-state index in [0.717, 1.165) is 60.4 Å². The summed E-state index contributed by atoms with van der Waals surface area (Å²) in [6.45, 7) is 5.18. The molecule has 160 valence electrons. The summed E-state index contributed by atoms with van der Waals surface area (Å²) in [5, 5.41) is 9.17. The van der Waals surface area contributed by atoms with Crippen molar-refractivity contribution < 1.29 is 9.59 Å². The largest absolute Gasteiger partial charge is 0.338 e. The molecule has 0 saturated carbocycles. The van der Waals surface area contributed by atoms with E-state index in [1.165, 1.54) is 0 Å². The number of fused-ring (bicyclic) bond motifs is 1. The van der Waals surface area contributed by atoms with Gasteiger partial charge >= 0.3 is 6.03 Å². The maximum Gasteiger partial charge on any atom is 0.323 e. The Bertz CT molecular complexity index is 895. The third-order valence-electron chi connectivity index (χ3n) is 5.82. The maximum atomic E-state index is 12.9. The quantitative estimate of drug-likeness (QED) is 0.693. The van der Waals surface area contributed by atoms with Gasteiger partial charge in [-0.2, -0.15) is 0 Å². The van der Waals surface area contributed by atoms with Crippen LogP contribution in [0, 0.1) is 12.8 Å². The normalized spacial score (nSPS) is 16.2. The predicted molar refractivity (Wildman–Crippen MR) is 122 cm³/mol. The fourth-order valence-corrected chi connectivity index (χ4v) is 4.16. The maximum absolute atomic E-state index is 12.9. The van der Waals surface area contributed by atoms with Crippen LogP contribution in [0.1, 0.15) is 29.5 Å². The van der Waals surface area contributed by atoms with Gasteiger partial charge in [-0.1, -0.05) is 29.8 Å². The molecule has 0 radical (unpaired) electrons. The Hall–Kier alpha value is -2.57. The highest BCUT2D eigenvalue weighted by Crippen LogP contribution is 2.28. The Balaban J connectivity index is 0.00000256. The fourth-order valence-electron chi connectivity index (χ4n) is 4.16. The third-order valence-corrected chi connectivity index (χ3v) is 5.82. The summed E-state index contributed by atoms with van der Waals surface area (Å²) in [7, 11) is 0. The van der Waals surface area contributed by atoms with Gasteiger partial charge < -0.3 is 20.9 Å². The van der Waals surface area contributed by atoms with Gasteiger partial charge in [-0.3, -0.25) is 4.79 Å². The molecule has 7 heteroatoms. The molecular weight excluding hydrogens is 400 g/mol. The van der Waals surface area contributed by atoms with Crippen molar-refractivity contribution in [2.24, 2.45) is 5.92 Å². The van der Waals surface area contributed by atoms with Crippen LogP contribution < -0.4 is 16.0 Å². The lowest BCUT2D eigenvalue weighted by Gasteiger charge is -2.34. The van der Waals surface area contributed by atoms with Crippen molar-refractivity contribution in [1.29, 1.82) is 0 Å². The molecule has 0 unspecified atom stereocenters. The van der Waals surface area contributed by atoms with Gasteiger partial charge in [0, 0.05) is 30.4 Å². The second-order valence-corrected chi connectivity index (χ2v) is 7.92. The molecule has 6 nitrogen and oxygen atoms in total. The van der Waals surface area contributed by atoms with Crippen molar-refractivity contribution in [3.05, 3.63) is 59.2 Å². The molecular formula is C23H29ClN4O2. The van der Waals surface area contributed by atoms with Crippen molar-refractivity contribution in [1.82, 2.24) is 10.2 Å². The number of amides is 3. The summed E-state index contributed by atoms with van der Waals surface area (Å²) in [4.78, 5) is 27.3. The van der Waals surface area contributed by atoms with Crippen molar-refractivity contribution >= 4 is 35.7 Å². The molecule has 3 amide bonds. The van der Waals surface area contributed by atoms with Gasteiger partial charge in [-0.05, 0) is 68.6 Å². The topological polar surface area (TPSA) is 73.5 Å². The zero-order valence-corrected chi connectivity index (χ0v) is 18.1. The van der Waals surface area contributed by atoms with Crippen molar-refractivity contribution in [3.63, 3.8) is 0 Å². The molecule has 30 heavy (non-hydrogen) atoms. The minimum atomic E-state index is -0.254. The van der Waals surface area contributed by atoms with Crippen LogP contribution in [-0.4, -0.2) is 36.5 Å². The lowest BCUT2D eigenvalue weighted by molar-refractivity contribution is -0.137. The van der Waals surface area contributed by atoms with E-state index in [1.54, 1.807) is 0 Å². The summed E-state index contributed by atoms with van der Waals surface area (Å²) >= 11 is 0. The number of carbonyl (C=O) groups excluding carboxylic acids is 2. The van der Waals surface area contributed by atoms with Gasteiger partial charge in [-0.25, -0.2) is 4.79 Å². The monoisotopic (exact) mass is 428 g/mol. The number of aryl methyl sites for hydroxylation is 1. The van der Waals surface area contributed by atoms with Gasteiger partial charge in [0.25, 0.3) is 0 Å². The molecule has 0 aromatic heterocycles. The second kappa shape index (κ2) is 9.96. The smallest absolute Gasteiger partial charge is 0.323 e. The van der Waals surface area contributed by atoms with E-state index < -0.39 is 0 Å². The number of hydrogen-bond donors (Lipinski definition) is 3. The fraction of sp³-hybridized carbons (Fsp3) is 0.391. The lowest BCUT2D eigenvalue weighted by atomic mass is 9.93. The van der Waals surface area contributed by atoms with Crippen LogP contribution >= 0.6 is 12.4 Å². The zero-order valence-electron chi connectivity index (χ0n) is 17.2. The van der Waals surface area contributed by atoms with Gasteiger partial charge in [-0.15, -0.1) is 12.4 Å². The van der Waals surface area contributed by atoms with Crippen LogP contribution in [-0.2, 0) is 17.8 Å². The molecule has 2 aliphatic rings. The number of anilines is 2. The van der Waals surface area contributed by atoms with E-state index in [1.807, 2.05) is 48.2 Å².